The first-order valence-corrected chi connectivity index (χ1v) is 8.77. The van der Waals surface area contributed by atoms with Gasteiger partial charge >= 0.3 is 0 Å². The lowest BCUT2D eigenvalue weighted by Crippen LogP contribution is -2.49. The molecule has 5 nitrogen and oxygen atoms in total. The molecule has 1 saturated heterocycles. The van der Waals surface area contributed by atoms with Gasteiger partial charge in [-0.15, -0.1) is 0 Å². The number of pyridine rings is 1. The van der Waals surface area contributed by atoms with Crippen LogP contribution >= 0.6 is 15.9 Å². The van der Waals surface area contributed by atoms with E-state index < -0.39 is 0 Å². The molecule has 3 rings (SSSR count). The first kappa shape index (κ1) is 16.9. The smallest absolute Gasteiger partial charge is 0.260 e. The minimum atomic E-state index is 0.0407. The zero-order valence-corrected chi connectivity index (χ0v) is 15.0. The van der Waals surface area contributed by atoms with Gasteiger partial charge in [0.1, 0.15) is 5.75 Å². The maximum Gasteiger partial charge on any atom is 0.260 e. The lowest BCUT2D eigenvalue weighted by Gasteiger charge is -2.34. The number of rotatable bonds is 5. The second-order valence-corrected chi connectivity index (χ2v) is 6.68. The third-order valence-corrected chi connectivity index (χ3v) is 4.56. The summed E-state index contributed by atoms with van der Waals surface area (Å²) in [6.45, 7) is 4.19. The second kappa shape index (κ2) is 8.26. The normalized spacial score (nSPS) is 15.3. The minimum absolute atomic E-state index is 0.0407. The number of carbonyl (C=O) groups is 1. The molecule has 1 amide bonds. The van der Waals surface area contributed by atoms with Gasteiger partial charge in [0, 0.05) is 49.6 Å². The highest BCUT2D eigenvalue weighted by Crippen LogP contribution is 2.16. The molecular weight excluding hydrogens is 370 g/mol. The molecule has 0 unspecified atom stereocenters. The summed E-state index contributed by atoms with van der Waals surface area (Å²) in [7, 11) is 0. The molecule has 6 heteroatoms. The van der Waals surface area contributed by atoms with Crippen molar-refractivity contribution in [3.05, 3.63) is 58.8 Å². The number of ether oxygens (including phenoxy) is 1. The molecule has 0 N–H and O–H groups in total. The molecule has 0 atom stereocenters. The molecule has 2 heterocycles. The zero-order chi connectivity index (χ0) is 16.8. The standard InChI is InChI=1S/C18H20BrN3O2/c19-16-3-5-17(6-4-16)24-14-18(23)22-10-8-21(9-11-22)13-15-2-1-7-20-12-15/h1-7,12H,8-11,13-14H2. The molecule has 1 fully saturated rings. The Morgan fingerprint density at radius 1 is 1.12 bits per heavy atom. The Bertz CT molecular complexity index is 656. The lowest BCUT2D eigenvalue weighted by atomic mass is 10.2. The van der Waals surface area contributed by atoms with E-state index in [1.54, 1.807) is 6.20 Å². The SMILES string of the molecule is O=C(COc1ccc(Br)cc1)N1CCN(Cc2cccnc2)CC1. The Morgan fingerprint density at radius 2 is 1.88 bits per heavy atom. The van der Waals surface area contributed by atoms with Crippen LogP contribution in [0.5, 0.6) is 5.75 Å². The first-order valence-electron chi connectivity index (χ1n) is 7.98. The Balaban J connectivity index is 1.42. The van der Waals surface area contributed by atoms with E-state index in [-0.39, 0.29) is 12.5 Å². The van der Waals surface area contributed by atoms with E-state index in [0.717, 1.165) is 37.2 Å². The predicted molar refractivity (Wildman–Crippen MR) is 95.7 cm³/mol. The van der Waals surface area contributed by atoms with E-state index in [4.69, 9.17) is 4.74 Å². The second-order valence-electron chi connectivity index (χ2n) is 5.76. The van der Waals surface area contributed by atoms with Gasteiger partial charge < -0.3 is 9.64 Å². The van der Waals surface area contributed by atoms with Crippen LogP contribution in [0.15, 0.2) is 53.3 Å². The van der Waals surface area contributed by atoms with Gasteiger partial charge in [-0.2, -0.15) is 0 Å². The van der Waals surface area contributed by atoms with Gasteiger partial charge in [-0.3, -0.25) is 14.7 Å². The van der Waals surface area contributed by atoms with E-state index >= 15 is 0 Å². The van der Waals surface area contributed by atoms with Crippen LogP contribution < -0.4 is 4.74 Å². The number of aromatic nitrogens is 1. The number of piperazine rings is 1. The molecule has 0 bridgehead atoms. The topological polar surface area (TPSA) is 45.7 Å². The van der Waals surface area contributed by atoms with Crippen LogP contribution in [0.2, 0.25) is 0 Å². The summed E-state index contributed by atoms with van der Waals surface area (Å²) in [6.07, 6.45) is 3.68. The van der Waals surface area contributed by atoms with Gasteiger partial charge in [0.2, 0.25) is 0 Å². The van der Waals surface area contributed by atoms with Crippen LogP contribution in [0, 0.1) is 0 Å². The van der Waals surface area contributed by atoms with Crippen LogP contribution in [0.1, 0.15) is 5.56 Å². The van der Waals surface area contributed by atoms with Gasteiger partial charge in [0.15, 0.2) is 6.61 Å². The van der Waals surface area contributed by atoms with Crippen molar-refractivity contribution >= 4 is 21.8 Å². The molecule has 24 heavy (non-hydrogen) atoms. The van der Waals surface area contributed by atoms with Crippen LogP contribution in [0.4, 0.5) is 0 Å². The van der Waals surface area contributed by atoms with Crippen LogP contribution in [0.25, 0.3) is 0 Å². The number of hydrogen-bond donors (Lipinski definition) is 0. The maximum absolute atomic E-state index is 12.3. The summed E-state index contributed by atoms with van der Waals surface area (Å²) in [5.41, 5.74) is 1.20. The van der Waals surface area contributed by atoms with Crippen molar-refractivity contribution in [2.45, 2.75) is 6.54 Å². The molecule has 0 radical (unpaired) electrons. The molecule has 1 aromatic carbocycles. The molecule has 126 valence electrons. The fourth-order valence-electron chi connectivity index (χ4n) is 2.67. The van der Waals surface area contributed by atoms with Crippen molar-refractivity contribution < 1.29 is 9.53 Å². The molecule has 1 aromatic heterocycles. The van der Waals surface area contributed by atoms with E-state index in [9.17, 15) is 4.79 Å². The van der Waals surface area contributed by atoms with Gasteiger partial charge in [-0.05, 0) is 35.9 Å². The van der Waals surface area contributed by atoms with Crippen LogP contribution in [-0.4, -0.2) is 53.5 Å². The Kier molecular flexibility index (Phi) is 5.82. The number of halogens is 1. The summed E-state index contributed by atoms with van der Waals surface area (Å²) in [6, 6.07) is 11.5. The minimum Gasteiger partial charge on any atom is -0.484 e. The maximum atomic E-state index is 12.3. The van der Waals surface area contributed by atoms with Crippen molar-refractivity contribution in [1.29, 1.82) is 0 Å². The largest absolute Gasteiger partial charge is 0.484 e. The molecular formula is C18H20BrN3O2. The summed E-state index contributed by atoms with van der Waals surface area (Å²) >= 11 is 3.38. The number of benzene rings is 1. The molecule has 2 aromatic rings. The molecule has 1 aliphatic heterocycles. The molecule has 0 aliphatic carbocycles. The van der Waals surface area contributed by atoms with Gasteiger partial charge in [0.25, 0.3) is 5.91 Å². The fraction of sp³-hybridized carbons (Fsp3) is 0.333. The number of carbonyl (C=O) groups excluding carboxylic acids is 1. The number of hydrogen-bond acceptors (Lipinski definition) is 4. The van der Waals surface area contributed by atoms with E-state index in [1.807, 2.05) is 41.4 Å². The van der Waals surface area contributed by atoms with Crippen LogP contribution in [0.3, 0.4) is 0 Å². The molecule has 1 aliphatic rings. The average Bonchev–Trinajstić information content (AvgIpc) is 2.62. The Hall–Kier alpha value is -1.92. The van der Waals surface area contributed by atoms with Crippen LogP contribution in [-0.2, 0) is 11.3 Å². The fourth-order valence-corrected chi connectivity index (χ4v) is 2.94. The monoisotopic (exact) mass is 389 g/mol. The third-order valence-electron chi connectivity index (χ3n) is 4.03. The van der Waals surface area contributed by atoms with E-state index in [2.05, 4.69) is 31.9 Å². The Morgan fingerprint density at radius 3 is 2.54 bits per heavy atom. The van der Waals surface area contributed by atoms with Crippen molar-refractivity contribution in [2.24, 2.45) is 0 Å². The van der Waals surface area contributed by atoms with Gasteiger partial charge in [-0.25, -0.2) is 0 Å². The lowest BCUT2D eigenvalue weighted by molar-refractivity contribution is -0.135. The van der Waals surface area contributed by atoms with E-state index in [1.165, 1.54) is 5.56 Å². The Labute approximate surface area is 150 Å². The summed E-state index contributed by atoms with van der Waals surface area (Å²) < 4.78 is 6.56. The summed E-state index contributed by atoms with van der Waals surface area (Å²) in [5.74, 6) is 0.751. The zero-order valence-electron chi connectivity index (χ0n) is 13.4. The van der Waals surface area contributed by atoms with Gasteiger partial charge in [-0.1, -0.05) is 22.0 Å². The number of nitrogens with zero attached hydrogens (tertiary/aromatic N) is 3. The van der Waals surface area contributed by atoms with Crippen molar-refractivity contribution in [1.82, 2.24) is 14.8 Å². The quantitative estimate of drug-likeness (QED) is 0.788. The molecule has 0 saturated carbocycles. The molecule has 0 spiro atoms. The van der Waals surface area contributed by atoms with E-state index in [0.29, 0.717) is 5.75 Å². The highest BCUT2D eigenvalue weighted by Gasteiger charge is 2.21. The highest BCUT2D eigenvalue weighted by atomic mass is 79.9. The van der Waals surface area contributed by atoms with Gasteiger partial charge in [0.05, 0.1) is 0 Å². The first-order chi connectivity index (χ1) is 11.7. The average molecular weight is 390 g/mol. The third kappa shape index (κ3) is 4.79. The highest BCUT2D eigenvalue weighted by molar-refractivity contribution is 9.10. The van der Waals surface area contributed by atoms with Crippen molar-refractivity contribution in [3.63, 3.8) is 0 Å². The number of amides is 1. The summed E-state index contributed by atoms with van der Waals surface area (Å²) in [5, 5.41) is 0. The summed E-state index contributed by atoms with van der Waals surface area (Å²) in [4.78, 5) is 20.6. The van der Waals surface area contributed by atoms with Crippen molar-refractivity contribution in [2.75, 3.05) is 32.8 Å². The van der Waals surface area contributed by atoms with Crippen molar-refractivity contribution in [3.8, 4) is 5.75 Å². The predicted octanol–water partition coefficient (Wildman–Crippen LogP) is 2.57.